The maximum atomic E-state index is 14.0. The zero-order chi connectivity index (χ0) is 20.9. The molecule has 27 heavy (non-hydrogen) atoms. The molecule has 1 fully saturated rings. The fourth-order valence-electron chi connectivity index (χ4n) is 2.84. The zero-order valence-electron chi connectivity index (χ0n) is 14.3. The van der Waals surface area contributed by atoms with Crippen molar-refractivity contribution in [2.45, 2.75) is 33.6 Å². The number of hydrogen-bond donors (Lipinski definition) is 0. The van der Waals surface area contributed by atoms with Gasteiger partial charge in [0.25, 0.3) is 0 Å². The van der Waals surface area contributed by atoms with Gasteiger partial charge in [-0.05, 0) is 50.1 Å². The average Bonchev–Trinajstić information content (AvgIpc) is 3.10. The summed E-state index contributed by atoms with van der Waals surface area (Å²) >= 11 is 11.2. The molecule has 1 saturated carbocycles. The van der Waals surface area contributed by atoms with Crippen molar-refractivity contribution in [2.75, 3.05) is 0 Å². The van der Waals surface area contributed by atoms with Crippen LogP contribution in [0.2, 0.25) is 0 Å². The number of carbonyl (C=O) groups is 1. The van der Waals surface area contributed by atoms with E-state index in [0.29, 0.717) is 0 Å². The molecule has 1 aromatic carbocycles. The number of esters is 1. The lowest BCUT2D eigenvalue weighted by molar-refractivity contribution is -0.147. The molecule has 150 valence electrons. The number of halogens is 8. The molecule has 0 spiro atoms. The number of hydrogen-bond acceptors (Lipinski definition) is 2. The first kappa shape index (κ1) is 22.6. The quantitative estimate of drug-likeness (QED) is 0.239. The fourth-order valence-corrected chi connectivity index (χ4v) is 4.46. The maximum Gasteiger partial charge on any atom is 0.426 e. The lowest BCUT2D eigenvalue weighted by Crippen LogP contribution is -2.12. The van der Waals surface area contributed by atoms with E-state index in [0.717, 1.165) is 6.08 Å². The predicted molar refractivity (Wildman–Crippen MR) is 97.0 cm³/mol. The van der Waals surface area contributed by atoms with Gasteiger partial charge in [0.2, 0.25) is 0 Å². The second-order valence-electron chi connectivity index (χ2n) is 6.80. The Morgan fingerprint density at radius 2 is 1.70 bits per heavy atom. The van der Waals surface area contributed by atoms with Gasteiger partial charge < -0.3 is 4.74 Å². The van der Waals surface area contributed by atoms with Gasteiger partial charge in [-0.1, -0.05) is 31.5 Å². The second-order valence-corrected chi connectivity index (χ2v) is 8.80. The third-order valence-electron chi connectivity index (χ3n) is 4.69. The molecule has 10 heteroatoms. The molecule has 0 N–H and O–H groups in total. The minimum Gasteiger partial charge on any atom is -0.460 e. The second kappa shape index (κ2) is 7.63. The van der Waals surface area contributed by atoms with Crippen LogP contribution < -0.4 is 0 Å². The summed E-state index contributed by atoms with van der Waals surface area (Å²) in [6.45, 7) is 4.02. The Bertz CT molecular complexity index is 792. The summed E-state index contributed by atoms with van der Waals surface area (Å²) in [4.78, 5) is 12.3. The number of alkyl halides is 3. The SMILES string of the molecule is Cc1c(F)c(Br)c(COC(=O)[C@H]2[C@@H](/C=C(\Cl)C(F)(F)F)C2(C)C)c(Br)c1F. The number of allylic oxidation sites excluding steroid dienone is 2. The van der Waals surface area contributed by atoms with E-state index < -0.39 is 52.7 Å². The van der Waals surface area contributed by atoms with Gasteiger partial charge in [0, 0.05) is 11.1 Å². The molecular weight excluding hydrogens is 526 g/mol. The van der Waals surface area contributed by atoms with Gasteiger partial charge in [-0.25, -0.2) is 8.78 Å². The topological polar surface area (TPSA) is 26.3 Å². The molecule has 0 aliphatic heterocycles. The first-order chi connectivity index (χ1) is 12.2. The molecule has 0 radical (unpaired) electrons. The molecule has 2 rings (SSSR count). The normalized spacial score (nSPS) is 22.0. The van der Waals surface area contributed by atoms with Crippen LogP contribution in [0.15, 0.2) is 20.1 Å². The van der Waals surface area contributed by atoms with Crippen molar-refractivity contribution < 1.29 is 31.5 Å². The van der Waals surface area contributed by atoms with Crippen molar-refractivity contribution >= 4 is 49.4 Å². The summed E-state index contributed by atoms with van der Waals surface area (Å²) in [7, 11) is 0. The third-order valence-corrected chi connectivity index (χ3v) is 6.69. The van der Waals surface area contributed by atoms with Crippen molar-refractivity contribution in [1.82, 2.24) is 0 Å². The summed E-state index contributed by atoms with van der Waals surface area (Å²) in [5.41, 5.74) is -0.942. The van der Waals surface area contributed by atoms with Crippen LogP contribution in [0.4, 0.5) is 22.0 Å². The van der Waals surface area contributed by atoms with Crippen molar-refractivity contribution in [2.24, 2.45) is 17.3 Å². The number of rotatable bonds is 4. The van der Waals surface area contributed by atoms with Crippen LogP contribution in [0.3, 0.4) is 0 Å². The van der Waals surface area contributed by atoms with E-state index in [1.807, 2.05) is 0 Å². The predicted octanol–water partition coefficient (Wildman–Crippen LogP) is 6.80. The van der Waals surface area contributed by atoms with Crippen molar-refractivity contribution in [3.8, 4) is 0 Å². The lowest BCUT2D eigenvalue weighted by Gasteiger charge is -2.13. The van der Waals surface area contributed by atoms with Gasteiger partial charge in [0.1, 0.15) is 23.3 Å². The Kier molecular flexibility index (Phi) is 6.39. The van der Waals surface area contributed by atoms with Crippen molar-refractivity contribution in [3.05, 3.63) is 42.8 Å². The summed E-state index contributed by atoms with van der Waals surface area (Å²) in [5.74, 6) is -4.02. The Hall–Kier alpha value is -0.670. The average molecular weight is 541 g/mol. The Balaban J connectivity index is 2.16. The number of benzene rings is 1. The molecule has 2 atom stereocenters. The van der Waals surface area contributed by atoms with Crippen molar-refractivity contribution in [1.29, 1.82) is 0 Å². The van der Waals surface area contributed by atoms with E-state index in [1.165, 1.54) is 6.92 Å². The highest BCUT2D eigenvalue weighted by molar-refractivity contribution is 9.11. The molecule has 0 bridgehead atoms. The summed E-state index contributed by atoms with van der Waals surface area (Å²) in [6.07, 6.45) is -3.90. The van der Waals surface area contributed by atoms with Crippen LogP contribution in [0, 0.1) is 35.8 Å². The van der Waals surface area contributed by atoms with Gasteiger partial charge >= 0.3 is 12.1 Å². The van der Waals surface area contributed by atoms with E-state index in [4.69, 9.17) is 16.3 Å². The monoisotopic (exact) mass is 538 g/mol. The summed E-state index contributed by atoms with van der Waals surface area (Å²) in [6, 6.07) is 0. The van der Waals surface area contributed by atoms with E-state index in [-0.39, 0.29) is 20.1 Å². The standard InChI is InChI=1S/C17H14Br2ClF5O2/c1-6-13(21)11(18)7(12(19)14(6)22)5-27-15(26)10-8(16(10,2)3)4-9(20)17(23,24)25/h4,8,10H,5H2,1-3H3/b9-4-/t8-,10-/m1/s1. The highest BCUT2D eigenvalue weighted by atomic mass is 79.9. The minimum atomic E-state index is -4.69. The van der Waals surface area contributed by atoms with Crippen LogP contribution in [0.1, 0.15) is 25.0 Å². The van der Waals surface area contributed by atoms with Gasteiger partial charge in [-0.3, -0.25) is 4.79 Å². The zero-order valence-corrected chi connectivity index (χ0v) is 18.2. The summed E-state index contributed by atoms with van der Waals surface area (Å²) in [5, 5.41) is -1.30. The Morgan fingerprint density at radius 1 is 1.22 bits per heavy atom. The smallest absolute Gasteiger partial charge is 0.426 e. The molecule has 2 nitrogen and oxygen atoms in total. The third kappa shape index (κ3) is 4.34. The van der Waals surface area contributed by atoms with E-state index in [1.54, 1.807) is 13.8 Å². The van der Waals surface area contributed by atoms with Crippen LogP contribution in [-0.2, 0) is 16.1 Å². The van der Waals surface area contributed by atoms with E-state index >= 15 is 0 Å². The van der Waals surface area contributed by atoms with Gasteiger partial charge in [-0.2, -0.15) is 13.2 Å². The largest absolute Gasteiger partial charge is 0.460 e. The van der Waals surface area contributed by atoms with Crippen LogP contribution in [-0.4, -0.2) is 12.1 Å². The molecule has 1 aromatic rings. The van der Waals surface area contributed by atoms with Gasteiger partial charge in [0.15, 0.2) is 0 Å². The molecule has 0 unspecified atom stereocenters. The number of ether oxygens (including phenoxy) is 1. The lowest BCUT2D eigenvalue weighted by atomic mass is 10.1. The highest BCUT2D eigenvalue weighted by Gasteiger charge is 2.62. The first-order valence-corrected chi connectivity index (χ1v) is 9.60. The van der Waals surface area contributed by atoms with Crippen molar-refractivity contribution in [3.63, 3.8) is 0 Å². The molecule has 0 saturated heterocycles. The molecule has 0 heterocycles. The van der Waals surface area contributed by atoms with Gasteiger partial charge in [-0.15, -0.1) is 0 Å². The maximum absolute atomic E-state index is 14.0. The fraction of sp³-hybridized carbons (Fsp3) is 0.471. The minimum absolute atomic E-state index is 0.0443. The van der Waals surface area contributed by atoms with Crippen LogP contribution >= 0.6 is 43.5 Å². The van der Waals surface area contributed by atoms with E-state index in [2.05, 4.69) is 31.9 Å². The number of carbonyl (C=O) groups excluding carboxylic acids is 1. The molecule has 1 aliphatic rings. The Labute approximate surface area is 174 Å². The first-order valence-electron chi connectivity index (χ1n) is 7.63. The van der Waals surface area contributed by atoms with E-state index in [9.17, 15) is 26.7 Å². The van der Waals surface area contributed by atoms with Crippen LogP contribution in [0.25, 0.3) is 0 Å². The molecule has 1 aliphatic carbocycles. The molecular formula is C17H14Br2ClF5O2. The summed E-state index contributed by atoms with van der Waals surface area (Å²) < 4.78 is 70.7. The molecule has 0 aromatic heterocycles. The molecule has 0 amide bonds. The highest BCUT2D eigenvalue weighted by Crippen LogP contribution is 2.60. The van der Waals surface area contributed by atoms with Gasteiger partial charge in [0.05, 0.1) is 14.9 Å². The van der Waals surface area contributed by atoms with Crippen LogP contribution in [0.5, 0.6) is 0 Å². The Morgan fingerprint density at radius 3 is 2.15 bits per heavy atom.